The Kier molecular flexibility index (Phi) is 5.37. The number of amides is 1. The lowest BCUT2D eigenvalue weighted by atomic mass is 10.1. The molecule has 1 aromatic heterocycles. The smallest absolute Gasteiger partial charge is 0.310 e. The van der Waals surface area contributed by atoms with Crippen LogP contribution in [0.2, 0.25) is 0 Å². The zero-order valence-corrected chi connectivity index (χ0v) is 14.9. The van der Waals surface area contributed by atoms with Gasteiger partial charge in [-0.3, -0.25) is 9.59 Å². The van der Waals surface area contributed by atoms with Crippen LogP contribution in [0.5, 0.6) is 0 Å². The predicted molar refractivity (Wildman–Crippen MR) is 98.5 cm³/mol. The number of benzene rings is 2. The maximum Gasteiger partial charge on any atom is 0.310 e. The molecule has 0 aliphatic carbocycles. The number of likely N-dealkylation sites (N-methyl/N-ethyl adjacent to an activating group) is 1. The summed E-state index contributed by atoms with van der Waals surface area (Å²) in [6.07, 6.45) is 1.64. The molecule has 0 saturated heterocycles. The van der Waals surface area contributed by atoms with Crippen molar-refractivity contribution < 1.29 is 18.7 Å². The third-order valence-corrected chi connectivity index (χ3v) is 4.19. The Labute approximate surface area is 152 Å². The van der Waals surface area contributed by atoms with E-state index in [1.165, 1.54) is 0 Å². The maximum atomic E-state index is 12.1. The van der Waals surface area contributed by atoms with Gasteiger partial charge in [0.2, 0.25) is 0 Å². The van der Waals surface area contributed by atoms with Crippen LogP contribution in [0.1, 0.15) is 16.7 Å². The second-order valence-corrected chi connectivity index (χ2v) is 6.33. The van der Waals surface area contributed by atoms with Crippen LogP contribution in [0.25, 0.3) is 11.0 Å². The summed E-state index contributed by atoms with van der Waals surface area (Å²) in [5, 5.41) is 0.889. The van der Waals surface area contributed by atoms with E-state index in [-0.39, 0.29) is 18.9 Å². The molecule has 3 aromatic rings. The van der Waals surface area contributed by atoms with E-state index in [0.717, 1.165) is 27.7 Å². The van der Waals surface area contributed by atoms with Crippen molar-refractivity contribution >= 4 is 22.8 Å². The Morgan fingerprint density at radius 3 is 2.65 bits per heavy atom. The molecule has 0 spiro atoms. The van der Waals surface area contributed by atoms with E-state index in [2.05, 4.69) is 0 Å². The number of ether oxygens (including phenoxy) is 1. The third kappa shape index (κ3) is 4.30. The van der Waals surface area contributed by atoms with Crippen molar-refractivity contribution in [1.29, 1.82) is 0 Å². The summed E-state index contributed by atoms with van der Waals surface area (Å²) in [6, 6.07) is 15.5. The van der Waals surface area contributed by atoms with Gasteiger partial charge < -0.3 is 14.1 Å². The van der Waals surface area contributed by atoms with E-state index in [4.69, 9.17) is 9.15 Å². The molecule has 3 rings (SSSR count). The summed E-state index contributed by atoms with van der Waals surface area (Å²) in [6.45, 7) is 2.19. The van der Waals surface area contributed by atoms with Crippen molar-refractivity contribution in [3.8, 4) is 0 Å². The summed E-state index contributed by atoms with van der Waals surface area (Å²) < 4.78 is 10.6. The molecule has 1 amide bonds. The summed E-state index contributed by atoms with van der Waals surface area (Å²) in [5.74, 6) is -0.690. The number of carbonyl (C=O) groups is 2. The minimum Gasteiger partial charge on any atom is -0.464 e. The summed E-state index contributed by atoms with van der Waals surface area (Å²) in [5.41, 5.74) is 3.62. The van der Waals surface area contributed by atoms with E-state index in [9.17, 15) is 9.59 Å². The minimum atomic E-state index is -0.449. The number of hydrogen-bond donors (Lipinski definition) is 0. The van der Waals surface area contributed by atoms with Gasteiger partial charge in [-0.2, -0.15) is 0 Å². The van der Waals surface area contributed by atoms with Gasteiger partial charge in [-0.15, -0.1) is 0 Å². The van der Waals surface area contributed by atoms with Crippen LogP contribution >= 0.6 is 0 Å². The van der Waals surface area contributed by atoms with Crippen molar-refractivity contribution in [1.82, 2.24) is 4.90 Å². The van der Waals surface area contributed by atoms with Gasteiger partial charge in [-0.1, -0.05) is 42.5 Å². The van der Waals surface area contributed by atoms with Gasteiger partial charge in [0.05, 0.1) is 12.7 Å². The molecule has 5 nitrogen and oxygen atoms in total. The van der Waals surface area contributed by atoms with E-state index < -0.39 is 5.97 Å². The Balaban J connectivity index is 1.52. The standard InChI is InChI=1S/C21H21NO4/c1-15-8-9-18-17(13-25-19(18)10-15)11-21(24)26-14-20(23)22(2)12-16-6-4-3-5-7-16/h3-10,13H,11-12,14H2,1-2H3. The summed E-state index contributed by atoms with van der Waals surface area (Å²) in [7, 11) is 1.69. The number of hydrogen-bond acceptors (Lipinski definition) is 4. The van der Waals surface area contributed by atoms with Gasteiger partial charge in [0.1, 0.15) is 5.58 Å². The van der Waals surface area contributed by atoms with E-state index in [1.54, 1.807) is 18.2 Å². The SMILES string of the molecule is Cc1ccc2c(CC(=O)OCC(=O)N(C)Cc3ccccc3)coc2c1. The average Bonchev–Trinajstić information content (AvgIpc) is 3.02. The van der Waals surface area contributed by atoms with Gasteiger partial charge in [0.15, 0.2) is 6.61 Å². The molecule has 0 aliphatic rings. The Morgan fingerprint density at radius 1 is 1.12 bits per heavy atom. The van der Waals surface area contributed by atoms with Gasteiger partial charge in [0.25, 0.3) is 5.91 Å². The first-order valence-electron chi connectivity index (χ1n) is 8.43. The average molecular weight is 351 g/mol. The van der Waals surface area contributed by atoms with Gasteiger partial charge in [-0.25, -0.2) is 0 Å². The number of rotatable bonds is 6. The predicted octanol–water partition coefficient (Wildman–Crippen LogP) is 3.49. The molecule has 2 aromatic carbocycles. The van der Waals surface area contributed by atoms with E-state index >= 15 is 0 Å². The lowest BCUT2D eigenvalue weighted by molar-refractivity contribution is -0.151. The monoisotopic (exact) mass is 351 g/mol. The molecule has 134 valence electrons. The summed E-state index contributed by atoms with van der Waals surface area (Å²) in [4.78, 5) is 25.7. The number of fused-ring (bicyclic) bond motifs is 1. The highest BCUT2D eigenvalue weighted by Crippen LogP contribution is 2.22. The van der Waals surface area contributed by atoms with Crippen LogP contribution in [0.4, 0.5) is 0 Å². The molecule has 0 fully saturated rings. The molecule has 0 N–H and O–H groups in total. The normalized spacial score (nSPS) is 10.7. The number of aryl methyl sites for hydroxylation is 1. The number of carbonyl (C=O) groups excluding carboxylic acids is 2. The fourth-order valence-electron chi connectivity index (χ4n) is 2.73. The van der Waals surface area contributed by atoms with Crippen LogP contribution in [-0.4, -0.2) is 30.4 Å². The molecule has 0 radical (unpaired) electrons. The molecule has 0 atom stereocenters. The van der Waals surface area contributed by atoms with Crippen LogP contribution < -0.4 is 0 Å². The van der Waals surface area contributed by atoms with Crippen LogP contribution in [0, 0.1) is 6.92 Å². The van der Waals surface area contributed by atoms with E-state index in [1.807, 2.05) is 55.5 Å². The molecule has 0 saturated carbocycles. The first-order chi connectivity index (χ1) is 12.5. The molecular formula is C21H21NO4. The molecule has 0 aliphatic heterocycles. The van der Waals surface area contributed by atoms with Crippen LogP contribution in [0.15, 0.2) is 59.2 Å². The van der Waals surface area contributed by atoms with Crippen molar-refractivity contribution in [3.63, 3.8) is 0 Å². The molecule has 26 heavy (non-hydrogen) atoms. The highest BCUT2D eigenvalue weighted by molar-refractivity contribution is 5.87. The second-order valence-electron chi connectivity index (χ2n) is 6.33. The zero-order chi connectivity index (χ0) is 18.5. The van der Waals surface area contributed by atoms with E-state index in [0.29, 0.717) is 6.54 Å². The van der Waals surface area contributed by atoms with Crippen molar-refractivity contribution in [2.24, 2.45) is 0 Å². The Bertz CT molecular complexity index is 914. The fraction of sp³-hybridized carbons (Fsp3) is 0.238. The maximum absolute atomic E-state index is 12.1. The lowest BCUT2D eigenvalue weighted by Gasteiger charge is -2.17. The van der Waals surface area contributed by atoms with Gasteiger partial charge >= 0.3 is 5.97 Å². The Morgan fingerprint density at radius 2 is 1.88 bits per heavy atom. The fourth-order valence-corrected chi connectivity index (χ4v) is 2.73. The third-order valence-electron chi connectivity index (χ3n) is 4.19. The largest absolute Gasteiger partial charge is 0.464 e. The number of nitrogens with zero attached hydrogens (tertiary/aromatic N) is 1. The molecular weight excluding hydrogens is 330 g/mol. The highest BCUT2D eigenvalue weighted by Gasteiger charge is 2.15. The molecule has 1 heterocycles. The van der Waals surface area contributed by atoms with Gasteiger partial charge in [0, 0.05) is 24.5 Å². The van der Waals surface area contributed by atoms with Crippen LogP contribution in [-0.2, 0) is 27.3 Å². The van der Waals surface area contributed by atoms with Crippen molar-refractivity contribution in [2.75, 3.05) is 13.7 Å². The zero-order valence-electron chi connectivity index (χ0n) is 14.9. The molecule has 5 heteroatoms. The highest BCUT2D eigenvalue weighted by atomic mass is 16.5. The van der Waals surface area contributed by atoms with Gasteiger partial charge in [-0.05, 0) is 24.1 Å². The lowest BCUT2D eigenvalue weighted by Crippen LogP contribution is -2.31. The summed E-state index contributed by atoms with van der Waals surface area (Å²) >= 11 is 0. The Hall–Kier alpha value is -3.08. The minimum absolute atomic E-state index is 0.0751. The number of furan rings is 1. The molecule has 0 unspecified atom stereocenters. The quantitative estimate of drug-likeness (QED) is 0.638. The van der Waals surface area contributed by atoms with Crippen molar-refractivity contribution in [2.45, 2.75) is 19.9 Å². The number of esters is 1. The molecule has 0 bridgehead atoms. The first-order valence-corrected chi connectivity index (χ1v) is 8.43. The van der Waals surface area contributed by atoms with Crippen LogP contribution in [0.3, 0.4) is 0 Å². The topological polar surface area (TPSA) is 59.8 Å². The first kappa shape index (κ1) is 17.7. The van der Waals surface area contributed by atoms with Crippen molar-refractivity contribution in [3.05, 3.63) is 71.5 Å². The second kappa shape index (κ2) is 7.87.